The Hall–Kier alpha value is -2.05. The van der Waals surface area contributed by atoms with Gasteiger partial charge in [0, 0.05) is 18.6 Å². The Balaban J connectivity index is 1.72. The highest BCUT2D eigenvalue weighted by Gasteiger charge is 2.33. The first kappa shape index (κ1) is 13.9. The number of hydrogen-bond acceptors (Lipinski definition) is 5. The molecule has 1 heterocycles. The van der Waals surface area contributed by atoms with Crippen molar-refractivity contribution in [3.63, 3.8) is 0 Å². The summed E-state index contributed by atoms with van der Waals surface area (Å²) in [5, 5.41) is 21.7. The minimum atomic E-state index is -0.567. The summed E-state index contributed by atoms with van der Waals surface area (Å²) in [7, 11) is 0. The number of benzene rings is 1. The minimum absolute atomic E-state index is 0.0662. The van der Waals surface area contributed by atoms with Gasteiger partial charge in [-0.1, -0.05) is 12.1 Å². The molecule has 1 aliphatic carbocycles. The van der Waals surface area contributed by atoms with Crippen LogP contribution in [0.2, 0.25) is 0 Å². The van der Waals surface area contributed by atoms with Gasteiger partial charge in [-0.15, -0.1) is 0 Å². The molecule has 3 rings (SSSR count). The van der Waals surface area contributed by atoms with E-state index < -0.39 is 6.10 Å². The molecule has 0 unspecified atom stereocenters. The summed E-state index contributed by atoms with van der Waals surface area (Å²) in [6.45, 7) is -0.0662. The van der Waals surface area contributed by atoms with E-state index in [9.17, 15) is 9.90 Å². The first-order valence-corrected chi connectivity index (χ1v) is 6.99. The van der Waals surface area contributed by atoms with Crippen LogP contribution in [0.3, 0.4) is 0 Å². The van der Waals surface area contributed by atoms with E-state index in [-0.39, 0.29) is 30.2 Å². The van der Waals surface area contributed by atoms with Crippen molar-refractivity contribution < 1.29 is 15.0 Å². The first-order chi connectivity index (χ1) is 10.2. The summed E-state index contributed by atoms with van der Waals surface area (Å²) in [4.78, 5) is 20.7. The van der Waals surface area contributed by atoms with Gasteiger partial charge in [-0.25, -0.2) is 4.98 Å². The van der Waals surface area contributed by atoms with E-state index in [0.29, 0.717) is 18.4 Å². The number of nitrogens with zero attached hydrogens (tertiary/aromatic N) is 2. The number of para-hydroxylation sites is 2. The molecule has 21 heavy (non-hydrogen) atoms. The van der Waals surface area contributed by atoms with E-state index in [2.05, 4.69) is 15.3 Å². The average Bonchev–Trinajstić information content (AvgIpc) is 2.86. The summed E-state index contributed by atoms with van der Waals surface area (Å²) in [5.41, 5.74) is 1.67. The fourth-order valence-electron chi connectivity index (χ4n) is 2.74. The van der Waals surface area contributed by atoms with Crippen molar-refractivity contribution >= 4 is 16.9 Å². The molecule has 0 spiro atoms. The van der Waals surface area contributed by atoms with Crippen LogP contribution in [0.15, 0.2) is 30.5 Å². The quantitative estimate of drug-likeness (QED) is 0.763. The van der Waals surface area contributed by atoms with Gasteiger partial charge in [0.25, 0.3) is 5.91 Å². The molecule has 1 aromatic carbocycles. The topological polar surface area (TPSA) is 95.3 Å². The first-order valence-electron chi connectivity index (χ1n) is 6.99. The van der Waals surface area contributed by atoms with Crippen molar-refractivity contribution in [2.24, 2.45) is 5.92 Å². The SMILES string of the molecule is O=C(N[C@H]1C[C@@H](CO)[C@@H](O)C1)c1cnc2ccccc2n1. The van der Waals surface area contributed by atoms with Crippen LogP contribution in [0, 0.1) is 5.92 Å². The summed E-state index contributed by atoms with van der Waals surface area (Å²) in [5.74, 6) is -0.470. The lowest BCUT2D eigenvalue weighted by Crippen LogP contribution is -2.34. The van der Waals surface area contributed by atoms with Crippen LogP contribution in [0.4, 0.5) is 0 Å². The van der Waals surface area contributed by atoms with Crippen molar-refractivity contribution in [3.05, 3.63) is 36.2 Å². The summed E-state index contributed by atoms with van der Waals surface area (Å²) in [6, 6.07) is 7.21. The number of aliphatic hydroxyl groups is 2. The number of amides is 1. The molecule has 1 saturated carbocycles. The number of hydrogen-bond donors (Lipinski definition) is 3. The highest BCUT2D eigenvalue weighted by molar-refractivity contribution is 5.93. The molecule has 3 atom stereocenters. The molecule has 1 fully saturated rings. The summed E-state index contributed by atoms with van der Waals surface area (Å²) >= 11 is 0. The Bertz CT molecular complexity index is 661. The lowest BCUT2D eigenvalue weighted by Gasteiger charge is -2.12. The van der Waals surface area contributed by atoms with E-state index in [0.717, 1.165) is 5.52 Å². The zero-order valence-electron chi connectivity index (χ0n) is 11.4. The van der Waals surface area contributed by atoms with Crippen LogP contribution in [-0.2, 0) is 0 Å². The molecule has 110 valence electrons. The van der Waals surface area contributed by atoms with E-state index in [4.69, 9.17) is 5.11 Å². The van der Waals surface area contributed by atoms with Crippen molar-refractivity contribution in [1.29, 1.82) is 0 Å². The molecule has 0 saturated heterocycles. The van der Waals surface area contributed by atoms with Gasteiger partial charge in [0.2, 0.25) is 0 Å². The van der Waals surface area contributed by atoms with Gasteiger partial charge in [0.1, 0.15) is 5.69 Å². The van der Waals surface area contributed by atoms with Crippen molar-refractivity contribution in [2.45, 2.75) is 25.0 Å². The van der Waals surface area contributed by atoms with Crippen LogP contribution in [0.25, 0.3) is 11.0 Å². The fourth-order valence-corrected chi connectivity index (χ4v) is 2.74. The van der Waals surface area contributed by atoms with Crippen LogP contribution in [0.5, 0.6) is 0 Å². The third kappa shape index (κ3) is 2.86. The van der Waals surface area contributed by atoms with Crippen molar-refractivity contribution in [1.82, 2.24) is 15.3 Å². The molecule has 1 aromatic heterocycles. The van der Waals surface area contributed by atoms with Crippen LogP contribution in [-0.4, -0.2) is 44.8 Å². The van der Waals surface area contributed by atoms with E-state index in [1.54, 1.807) is 6.07 Å². The molecule has 0 radical (unpaired) electrons. The highest BCUT2D eigenvalue weighted by atomic mass is 16.3. The van der Waals surface area contributed by atoms with Crippen LogP contribution < -0.4 is 5.32 Å². The molecule has 0 bridgehead atoms. The molecule has 3 N–H and O–H groups in total. The number of carbonyl (C=O) groups is 1. The maximum absolute atomic E-state index is 12.2. The lowest BCUT2D eigenvalue weighted by atomic mass is 10.1. The van der Waals surface area contributed by atoms with Crippen molar-refractivity contribution in [3.8, 4) is 0 Å². The van der Waals surface area contributed by atoms with Crippen LogP contribution in [0.1, 0.15) is 23.3 Å². The highest BCUT2D eigenvalue weighted by Crippen LogP contribution is 2.25. The zero-order valence-corrected chi connectivity index (χ0v) is 11.4. The normalized spacial score (nSPS) is 25.1. The average molecular weight is 287 g/mol. The Morgan fingerprint density at radius 2 is 2.05 bits per heavy atom. The lowest BCUT2D eigenvalue weighted by molar-refractivity contribution is 0.0902. The molecule has 2 aromatic rings. The predicted molar refractivity (Wildman–Crippen MR) is 76.6 cm³/mol. The number of nitrogens with one attached hydrogen (secondary N) is 1. The number of aliphatic hydroxyl groups excluding tert-OH is 2. The summed E-state index contributed by atoms with van der Waals surface area (Å²) in [6.07, 6.45) is 1.91. The second-order valence-electron chi connectivity index (χ2n) is 5.40. The van der Waals surface area contributed by atoms with Gasteiger partial charge in [-0.05, 0) is 25.0 Å². The number of fused-ring (bicyclic) bond motifs is 1. The van der Waals surface area contributed by atoms with Gasteiger partial charge < -0.3 is 15.5 Å². The Morgan fingerprint density at radius 3 is 2.76 bits per heavy atom. The second-order valence-corrected chi connectivity index (χ2v) is 5.40. The third-order valence-electron chi connectivity index (χ3n) is 3.91. The van der Waals surface area contributed by atoms with Gasteiger partial charge in [0.05, 0.1) is 23.3 Å². The molecular formula is C15H17N3O3. The largest absolute Gasteiger partial charge is 0.396 e. The van der Waals surface area contributed by atoms with E-state index in [1.165, 1.54) is 6.20 Å². The van der Waals surface area contributed by atoms with Gasteiger partial charge in [-0.2, -0.15) is 0 Å². The minimum Gasteiger partial charge on any atom is -0.396 e. The smallest absolute Gasteiger partial charge is 0.271 e. The maximum atomic E-state index is 12.2. The Morgan fingerprint density at radius 1 is 1.29 bits per heavy atom. The van der Waals surface area contributed by atoms with Gasteiger partial charge in [-0.3, -0.25) is 9.78 Å². The molecule has 0 aliphatic heterocycles. The van der Waals surface area contributed by atoms with Gasteiger partial charge >= 0.3 is 0 Å². The molecule has 6 nitrogen and oxygen atoms in total. The van der Waals surface area contributed by atoms with Crippen molar-refractivity contribution in [2.75, 3.05) is 6.61 Å². The molecule has 6 heteroatoms. The Labute approximate surface area is 121 Å². The number of aromatic nitrogens is 2. The number of rotatable bonds is 3. The van der Waals surface area contributed by atoms with E-state index >= 15 is 0 Å². The standard InChI is InChI=1S/C15H17N3O3/c19-8-9-5-10(6-14(9)20)17-15(21)13-7-16-11-3-1-2-4-12(11)18-13/h1-4,7,9-10,14,19-20H,5-6,8H2,(H,17,21)/t9-,10-,14-/m0/s1. The predicted octanol–water partition coefficient (Wildman–Crippen LogP) is 0.491. The van der Waals surface area contributed by atoms with Gasteiger partial charge in [0.15, 0.2) is 0 Å². The number of carbonyl (C=O) groups excluding carboxylic acids is 1. The third-order valence-corrected chi connectivity index (χ3v) is 3.91. The summed E-state index contributed by atoms with van der Waals surface area (Å²) < 4.78 is 0. The van der Waals surface area contributed by atoms with Crippen LogP contribution >= 0.6 is 0 Å². The fraction of sp³-hybridized carbons (Fsp3) is 0.400. The Kier molecular flexibility index (Phi) is 3.81. The van der Waals surface area contributed by atoms with E-state index in [1.807, 2.05) is 18.2 Å². The molecule has 1 amide bonds. The second kappa shape index (κ2) is 5.75. The molecular weight excluding hydrogens is 270 g/mol. The monoisotopic (exact) mass is 287 g/mol. The molecule has 1 aliphatic rings. The maximum Gasteiger partial charge on any atom is 0.271 e. The zero-order chi connectivity index (χ0) is 14.8.